The van der Waals surface area contributed by atoms with Crippen LogP contribution in [0.5, 0.6) is 0 Å². The number of carbonyl (C=O) groups excluding carboxylic acids is 1. The normalized spacial score (nSPS) is 19.2. The van der Waals surface area contributed by atoms with Crippen LogP contribution in [0.25, 0.3) is 0 Å². The van der Waals surface area contributed by atoms with Crippen LogP contribution in [0.1, 0.15) is 28.4 Å². The highest BCUT2D eigenvalue weighted by Gasteiger charge is 2.24. The summed E-state index contributed by atoms with van der Waals surface area (Å²) in [6, 6.07) is 14.4. The number of benzene rings is 1. The summed E-state index contributed by atoms with van der Waals surface area (Å²) in [5.41, 5.74) is 3.53. The number of anilines is 2. The molecule has 2 aliphatic heterocycles. The Morgan fingerprint density at radius 2 is 1.94 bits per heavy atom. The molecular formula is C24H29N7O. The van der Waals surface area contributed by atoms with E-state index in [9.17, 15) is 4.79 Å². The van der Waals surface area contributed by atoms with Gasteiger partial charge in [0.2, 0.25) is 0 Å². The Bertz CT molecular complexity index is 1050. The molecule has 0 saturated carbocycles. The van der Waals surface area contributed by atoms with Crippen LogP contribution in [0.2, 0.25) is 0 Å². The van der Waals surface area contributed by atoms with E-state index in [1.54, 1.807) is 18.5 Å². The average Bonchev–Trinajstić information content (AvgIpc) is 3.51. The van der Waals surface area contributed by atoms with E-state index in [4.69, 9.17) is 0 Å². The van der Waals surface area contributed by atoms with Gasteiger partial charge in [0, 0.05) is 51.7 Å². The molecule has 2 saturated heterocycles. The fourth-order valence-corrected chi connectivity index (χ4v) is 4.58. The first-order valence-corrected chi connectivity index (χ1v) is 11.3. The highest BCUT2D eigenvalue weighted by molar-refractivity contribution is 6.04. The summed E-state index contributed by atoms with van der Waals surface area (Å²) in [5, 5.41) is 10.9. The maximum absolute atomic E-state index is 12.9. The topological polar surface area (TPSA) is 78.3 Å². The van der Waals surface area contributed by atoms with Gasteiger partial charge in [0.15, 0.2) is 5.69 Å². The van der Waals surface area contributed by atoms with Crippen molar-refractivity contribution in [2.75, 3.05) is 49.5 Å². The number of hydrogen-bond acceptors (Lipinski definition) is 6. The van der Waals surface area contributed by atoms with Crippen molar-refractivity contribution in [1.82, 2.24) is 25.0 Å². The zero-order chi connectivity index (χ0) is 21.8. The van der Waals surface area contributed by atoms with E-state index < -0.39 is 0 Å². The minimum absolute atomic E-state index is 0.211. The molecule has 2 fully saturated rings. The fourth-order valence-electron chi connectivity index (χ4n) is 4.58. The first-order valence-electron chi connectivity index (χ1n) is 11.3. The molecule has 0 spiro atoms. The number of aromatic nitrogens is 3. The van der Waals surface area contributed by atoms with Crippen LogP contribution in [0, 0.1) is 0 Å². The Hall–Kier alpha value is -3.23. The number of pyridine rings is 1. The molecule has 4 heterocycles. The van der Waals surface area contributed by atoms with Crippen molar-refractivity contribution in [2.24, 2.45) is 0 Å². The van der Waals surface area contributed by atoms with E-state index >= 15 is 0 Å². The van der Waals surface area contributed by atoms with Crippen molar-refractivity contribution in [2.45, 2.75) is 19.0 Å². The monoisotopic (exact) mass is 431 g/mol. The summed E-state index contributed by atoms with van der Waals surface area (Å²) < 4.78 is 1.85. The van der Waals surface area contributed by atoms with Crippen LogP contribution in [-0.2, 0) is 6.67 Å². The Morgan fingerprint density at radius 1 is 1.09 bits per heavy atom. The van der Waals surface area contributed by atoms with Gasteiger partial charge in [0.1, 0.15) is 0 Å². The summed E-state index contributed by atoms with van der Waals surface area (Å²) in [6.07, 6.45) is 6.50. The molecule has 1 atom stereocenters. The number of rotatable bonds is 6. The molecule has 166 valence electrons. The number of likely N-dealkylation sites (tertiary alicyclic amines) is 1. The number of hydrogen-bond donors (Lipinski definition) is 2. The standard InChI is InChI=1S/C24H29N7O/c32-24(27-22-16-26-9-6-23(22)30-14-10-25-11-15-30)21-8-13-31(28-21)18-29-12-7-20(17-29)19-4-2-1-3-5-19/h1-6,8-9,13,16,20,25H,7,10-12,14-15,17-18H2,(H,27,32). The van der Waals surface area contributed by atoms with Gasteiger partial charge in [-0.05, 0) is 30.0 Å². The number of amides is 1. The quantitative estimate of drug-likeness (QED) is 0.624. The van der Waals surface area contributed by atoms with Gasteiger partial charge in [-0.15, -0.1) is 0 Å². The van der Waals surface area contributed by atoms with E-state index in [2.05, 4.69) is 60.8 Å². The van der Waals surface area contributed by atoms with E-state index in [1.165, 1.54) is 5.56 Å². The van der Waals surface area contributed by atoms with Crippen LogP contribution in [0.3, 0.4) is 0 Å². The summed E-state index contributed by atoms with van der Waals surface area (Å²) in [7, 11) is 0. The molecule has 32 heavy (non-hydrogen) atoms. The third-order valence-corrected chi connectivity index (χ3v) is 6.27. The fraction of sp³-hybridized carbons (Fsp3) is 0.375. The zero-order valence-corrected chi connectivity index (χ0v) is 18.2. The van der Waals surface area contributed by atoms with E-state index in [0.717, 1.165) is 57.1 Å². The van der Waals surface area contributed by atoms with Gasteiger partial charge in [-0.2, -0.15) is 5.10 Å². The molecule has 2 N–H and O–H groups in total. The minimum Gasteiger partial charge on any atom is -0.367 e. The van der Waals surface area contributed by atoms with E-state index in [-0.39, 0.29) is 5.91 Å². The molecular weight excluding hydrogens is 402 g/mol. The molecule has 2 aliphatic rings. The Morgan fingerprint density at radius 3 is 2.78 bits per heavy atom. The molecule has 3 aromatic rings. The molecule has 0 radical (unpaired) electrons. The second-order valence-corrected chi connectivity index (χ2v) is 8.44. The number of piperazine rings is 1. The van der Waals surface area contributed by atoms with Gasteiger partial charge in [-0.3, -0.25) is 19.4 Å². The third kappa shape index (κ3) is 4.66. The largest absolute Gasteiger partial charge is 0.367 e. The molecule has 8 nitrogen and oxygen atoms in total. The van der Waals surface area contributed by atoms with Gasteiger partial charge in [-0.25, -0.2) is 0 Å². The number of nitrogens with zero attached hydrogens (tertiary/aromatic N) is 5. The first kappa shape index (κ1) is 20.7. The Balaban J connectivity index is 1.21. The Kier molecular flexibility index (Phi) is 6.13. The molecule has 0 aliphatic carbocycles. The van der Waals surface area contributed by atoms with Crippen LogP contribution in [0.4, 0.5) is 11.4 Å². The Labute approximate surface area is 188 Å². The maximum atomic E-state index is 12.9. The smallest absolute Gasteiger partial charge is 0.276 e. The lowest BCUT2D eigenvalue weighted by Gasteiger charge is -2.30. The van der Waals surface area contributed by atoms with E-state index in [0.29, 0.717) is 18.3 Å². The second-order valence-electron chi connectivity index (χ2n) is 8.44. The lowest BCUT2D eigenvalue weighted by Crippen LogP contribution is -2.43. The van der Waals surface area contributed by atoms with Crippen LogP contribution < -0.4 is 15.5 Å². The van der Waals surface area contributed by atoms with Crippen LogP contribution in [0.15, 0.2) is 61.1 Å². The summed E-state index contributed by atoms with van der Waals surface area (Å²) in [4.78, 5) is 21.7. The van der Waals surface area contributed by atoms with Crippen molar-refractivity contribution >= 4 is 17.3 Å². The minimum atomic E-state index is -0.211. The van der Waals surface area contributed by atoms with Gasteiger partial charge in [0.05, 0.1) is 24.2 Å². The van der Waals surface area contributed by atoms with Crippen LogP contribution in [-0.4, -0.2) is 64.8 Å². The molecule has 1 unspecified atom stereocenters. The predicted molar refractivity (Wildman–Crippen MR) is 125 cm³/mol. The molecule has 2 aromatic heterocycles. The molecule has 1 aromatic carbocycles. The van der Waals surface area contributed by atoms with Crippen molar-refractivity contribution in [3.63, 3.8) is 0 Å². The SMILES string of the molecule is O=C(Nc1cnccc1N1CCNCC1)c1ccn(CN2CCC(c3ccccc3)C2)n1. The van der Waals surface area contributed by atoms with Gasteiger partial charge in [-0.1, -0.05) is 30.3 Å². The highest BCUT2D eigenvalue weighted by atomic mass is 16.2. The lowest BCUT2D eigenvalue weighted by atomic mass is 9.99. The number of carbonyl (C=O) groups is 1. The predicted octanol–water partition coefficient (Wildman–Crippen LogP) is 2.39. The molecule has 5 rings (SSSR count). The van der Waals surface area contributed by atoms with Gasteiger partial charge >= 0.3 is 0 Å². The summed E-state index contributed by atoms with van der Waals surface area (Å²) >= 11 is 0. The number of nitrogens with one attached hydrogen (secondary N) is 2. The summed E-state index contributed by atoms with van der Waals surface area (Å²) in [6.45, 7) is 6.40. The average molecular weight is 432 g/mol. The van der Waals surface area contributed by atoms with Crippen molar-refractivity contribution < 1.29 is 4.79 Å². The molecule has 0 bridgehead atoms. The van der Waals surface area contributed by atoms with Crippen molar-refractivity contribution in [3.8, 4) is 0 Å². The van der Waals surface area contributed by atoms with Crippen LogP contribution >= 0.6 is 0 Å². The molecule has 8 heteroatoms. The highest BCUT2D eigenvalue weighted by Crippen LogP contribution is 2.27. The van der Waals surface area contributed by atoms with Gasteiger partial charge in [0.25, 0.3) is 5.91 Å². The van der Waals surface area contributed by atoms with Crippen molar-refractivity contribution in [1.29, 1.82) is 0 Å². The second kappa shape index (κ2) is 9.50. The van der Waals surface area contributed by atoms with Gasteiger partial charge < -0.3 is 15.5 Å². The summed E-state index contributed by atoms with van der Waals surface area (Å²) in [5.74, 6) is 0.347. The first-order chi connectivity index (χ1) is 15.8. The third-order valence-electron chi connectivity index (χ3n) is 6.27. The van der Waals surface area contributed by atoms with E-state index in [1.807, 2.05) is 16.9 Å². The zero-order valence-electron chi connectivity index (χ0n) is 18.2. The molecule has 1 amide bonds. The van der Waals surface area contributed by atoms with Crippen molar-refractivity contribution in [3.05, 3.63) is 72.3 Å². The lowest BCUT2D eigenvalue weighted by molar-refractivity contribution is 0.102. The maximum Gasteiger partial charge on any atom is 0.276 e.